The molecule has 0 aliphatic carbocycles. The Morgan fingerprint density at radius 3 is 2.52 bits per heavy atom. The van der Waals surface area contributed by atoms with Gasteiger partial charge in [-0.05, 0) is 18.2 Å². The van der Waals surface area contributed by atoms with E-state index in [0.29, 0.717) is 11.0 Å². The van der Waals surface area contributed by atoms with Crippen LogP contribution < -0.4 is 10.4 Å². The van der Waals surface area contributed by atoms with Crippen molar-refractivity contribution in [2.75, 3.05) is 0 Å². The summed E-state index contributed by atoms with van der Waals surface area (Å²) < 4.78 is 10.5. The van der Waals surface area contributed by atoms with Crippen molar-refractivity contribution in [2.24, 2.45) is 0 Å². The van der Waals surface area contributed by atoms with Crippen LogP contribution in [0.2, 0.25) is 0 Å². The largest absolute Gasteiger partial charge is 0.442 e. The standard InChI is InChI=1S/C15H9NO5/c17-15-14(9-10-5-1-3-7-12(10)21-15)20-13-8-4-2-6-11(13)16(18)19/h1-9H. The van der Waals surface area contributed by atoms with Gasteiger partial charge in [-0.3, -0.25) is 10.1 Å². The predicted octanol–water partition coefficient (Wildman–Crippen LogP) is 3.49. The van der Waals surface area contributed by atoms with Crippen molar-refractivity contribution >= 4 is 16.7 Å². The molecule has 3 aromatic rings. The summed E-state index contributed by atoms with van der Waals surface area (Å²) >= 11 is 0. The maximum absolute atomic E-state index is 11.9. The van der Waals surface area contributed by atoms with E-state index in [1.807, 2.05) is 0 Å². The summed E-state index contributed by atoms with van der Waals surface area (Å²) in [5, 5.41) is 11.6. The molecule has 1 heterocycles. The highest BCUT2D eigenvalue weighted by Crippen LogP contribution is 2.30. The quantitative estimate of drug-likeness (QED) is 0.417. The van der Waals surface area contributed by atoms with Gasteiger partial charge in [-0.2, -0.15) is 0 Å². The average Bonchev–Trinajstić information content (AvgIpc) is 2.48. The first-order valence-corrected chi connectivity index (χ1v) is 6.09. The van der Waals surface area contributed by atoms with Crippen LogP contribution in [0.4, 0.5) is 5.69 Å². The van der Waals surface area contributed by atoms with E-state index in [1.54, 1.807) is 30.3 Å². The summed E-state index contributed by atoms with van der Waals surface area (Å²) in [7, 11) is 0. The van der Waals surface area contributed by atoms with E-state index in [0.717, 1.165) is 0 Å². The zero-order chi connectivity index (χ0) is 14.8. The molecule has 104 valence electrons. The second kappa shape index (κ2) is 5.09. The first-order valence-electron chi connectivity index (χ1n) is 6.09. The highest BCUT2D eigenvalue weighted by atomic mass is 16.6. The molecule has 0 saturated carbocycles. The molecule has 6 nitrogen and oxygen atoms in total. The van der Waals surface area contributed by atoms with E-state index >= 15 is 0 Å². The van der Waals surface area contributed by atoms with Crippen LogP contribution in [0, 0.1) is 10.1 Å². The maximum Gasteiger partial charge on any atom is 0.379 e. The molecule has 0 bridgehead atoms. The van der Waals surface area contributed by atoms with Crippen LogP contribution in [-0.2, 0) is 0 Å². The third-order valence-corrected chi connectivity index (χ3v) is 2.89. The van der Waals surface area contributed by atoms with Crippen LogP contribution in [0.1, 0.15) is 0 Å². The normalized spacial score (nSPS) is 10.5. The zero-order valence-electron chi connectivity index (χ0n) is 10.7. The Morgan fingerprint density at radius 1 is 1.00 bits per heavy atom. The van der Waals surface area contributed by atoms with E-state index in [1.165, 1.54) is 24.3 Å². The number of benzene rings is 2. The smallest absolute Gasteiger partial charge is 0.379 e. The van der Waals surface area contributed by atoms with Crippen LogP contribution in [0.5, 0.6) is 11.5 Å². The molecule has 0 amide bonds. The molecule has 3 rings (SSSR count). The van der Waals surface area contributed by atoms with E-state index in [2.05, 4.69) is 0 Å². The Hall–Kier alpha value is -3.15. The molecule has 6 heteroatoms. The molecule has 0 aliphatic rings. The van der Waals surface area contributed by atoms with Crippen LogP contribution in [0.15, 0.2) is 63.8 Å². The van der Waals surface area contributed by atoms with E-state index < -0.39 is 10.5 Å². The van der Waals surface area contributed by atoms with Crippen molar-refractivity contribution in [3.8, 4) is 11.5 Å². The number of hydrogen-bond acceptors (Lipinski definition) is 5. The molecule has 0 fully saturated rings. The lowest BCUT2D eigenvalue weighted by atomic mass is 10.2. The highest BCUT2D eigenvalue weighted by Gasteiger charge is 2.16. The molecule has 0 atom stereocenters. The van der Waals surface area contributed by atoms with Crippen molar-refractivity contribution in [1.82, 2.24) is 0 Å². The fourth-order valence-electron chi connectivity index (χ4n) is 1.93. The number of nitro benzene ring substituents is 1. The fraction of sp³-hybridized carbons (Fsp3) is 0. The van der Waals surface area contributed by atoms with Crippen molar-refractivity contribution in [3.63, 3.8) is 0 Å². The summed E-state index contributed by atoms with van der Waals surface area (Å²) in [6.45, 7) is 0. The molecular weight excluding hydrogens is 274 g/mol. The molecule has 1 aromatic heterocycles. The van der Waals surface area contributed by atoms with Gasteiger partial charge in [0.25, 0.3) is 0 Å². The minimum Gasteiger partial charge on any atom is -0.442 e. The number of fused-ring (bicyclic) bond motifs is 1. The monoisotopic (exact) mass is 283 g/mol. The molecule has 0 saturated heterocycles. The zero-order valence-corrected chi connectivity index (χ0v) is 10.7. The molecule has 0 N–H and O–H groups in total. The first-order chi connectivity index (χ1) is 10.1. The summed E-state index contributed by atoms with van der Waals surface area (Å²) in [6, 6.07) is 14.3. The topological polar surface area (TPSA) is 82.6 Å². The third-order valence-electron chi connectivity index (χ3n) is 2.89. The minimum absolute atomic E-state index is 0.00918. The van der Waals surface area contributed by atoms with Gasteiger partial charge in [0.05, 0.1) is 4.92 Å². The molecular formula is C15H9NO5. The SMILES string of the molecule is O=c1oc2ccccc2cc1Oc1ccccc1[N+](=O)[O-]. The molecule has 0 unspecified atom stereocenters. The van der Waals surface area contributed by atoms with Crippen molar-refractivity contribution < 1.29 is 14.1 Å². The second-order valence-corrected chi connectivity index (χ2v) is 4.26. The Labute approximate surface area is 118 Å². The number of nitro groups is 1. The third kappa shape index (κ3) is 2.46. The Bertz CT molecular complexity index is 884. The second-order valence-electron chi connectivity index (χ2n) is 4.26. The van der Waals surface area contributed by atoms with Gasteiger partial charge in [-0.15, -0.1) is 0 Å². The summed E-state index contributed by atoms with van der Waals surface area (Å²) in [6.07, 6.45) is 0. The number of para-hydroxylation sites is 3. The summed E-state index contributed by atoms with van der Waals surface area (Å²) in [4.78, 5) is 22.2. The molecule has 2 aromatic carbocycles. The Balaban J connectivity index is 2.08. The first kappa shape index (κ1) is 12.9. The van der Waals surface area contributed by atoms with Crippen LogP contribution >= 0.6 is 0 Å². The minimum atomic E-state index is -0.688. The van der Waals surface area contributed by atoms with Gasteiger partial charge in [0.15, 0.2) is 0 Å². The van der Waals surface area contributed by atoms with Gasteiger partial charge in [0, 0.05) is 11.5 Å². The van der Waals surface area contributed by atoms with Gasteiger partial charge in [-0.25, -0.2) is 4.79 Å². The predicted molar refractivity (Wildman–Crippen MR) is 75.7 cm³/mol. The van der Waals surface area contributed by atoms with Gasteiger partial charge < -0.3 is 9.15 Å². The van der Waals surface area contributed by atoms with E-state index in [9.17, 15) is 14.9 Å². The lowest BCUT2D eigenvalue weighted by molar-refractivity contribution is -0.385. The molecule has 21 heavy (non-hydrogen) atoms. The van der Waals surface area contributed by atoms with Gasteiger partial charge in [0.1, 0.15) is 5.58 Å². The van der Waals surface area contributed by atoms with E-state index in [4.69, 9.17) is 9.15 Å². The Morgan fingerprint density at radius 2 is 1.71 bits per heavy atom. The average molecular weight is 283 g/mol. The van der Waals surface area contributed by atoms with Crippen molar-refractivity contribution in [3.05, 3.63) is 75.1 Å². The van der Waals surface area contributed by atoms with Gasteiger partial charge in [-0.1, -0.05) is 30.3 Å². The summed E-state index contributed by atoms with van der Waals surface area (Å²) in [5.74, 6) is -0.104. The maximum atomic E-state index is 11.9. The fourth-order valence-corrected chi connectivity index (χ4v) is 1.93. The van der Waals surface area contributed by atoms with Crippen molar-refractivity contribution in [1.29, 1.82) is 0 Å². The van der Waals surface area contributed by atoms with E-state index in [-0.39, 0.29) is 17.2 Å². The van der Waals surface area contributed by atoms with Crippen LogP contribution in [0.25, 0.3) is 11.0 Å². The van der Waals surface area contributed by atoms with Gasteiger partial charge >= 0.3 is 11.3 Å². The van der Waals surface area contributed by atoms with Gasteiger partial charge in [0.2, 0.25) is 11.5 Å². The molecule has 0 radical (unpaired) electrons. The summed E-state index contributed by atoms with van der Waals surface area (Å²) in [5.41, 5.74) is -0.477. The number of ether oxygens (including phenoxy) is 1. The van der Waals surface area contributed by atoms with Crippen LogP contribution in [-0.4, -0.2) is 4.92 Å². The molecule has 0 spiro atoms. The number of rotatable bonds is 3. The Kier molecular flexibility index (Phi) is 3.12. The highest BCUT2D eigenvalue weighted by molar-refractivity contribution is 5.77. The lowest BCUT2D eigenvalue weighted by Crippen LogP contribution is -2.04. The number of hydrogen-bond donors (Lipinski definition) is 0. The lowest BCUT2D eigenvalue weighted by Gasteiger charge is -2.05. The molecule has 0 aliphatic heterocycles. The van der Waals surface area contributed by atoms with Crippen LogP contribution in [0.3, 0.4) is 0 Å². The van der Waals surface area contributed by atoms with Crippen molar-refractivity contribution in [2.45, 2.75) is 0 Å². The number of nitrogens with zero attached hydrogens (tertiary/aromatic N) is 1.